The molecule has 0 saturated heterocycles. The van der Waals surface area contributed by atoms with Gasteiger partial charge in [-0.3, -0.25) is 0 Å². The van der Waals surface area contributed by atoms with Crippen LogP contribution in [0.4, 0.5) is 28.8 Å². The third-order valence-electron chi connectivity index (χ3n) is 4.55. The lowest BCUT2D eigenvalue weighted by Crippen LogP contribution is -2.21. The summed E-state index contributed by atoms with van der Waals surface area (Å²) >= 11 is 0. The minimum atomic E-state index is 0.465. The first kappa shape index (κ1) is 18.6. The van der Waals surface area contributed by atoms with E-state index in [2.05, 4.69) is 69.7 Å². The lowest BCUT2D eigenvalue weighted by molar-refractivity contribution is 0.866. The molecule has 0 aliphatic heterocycles. The Morgan fingerprint density at radius 3 is 2.33 bits per heavy atom. The molecule has 0 saturated carbocycles. The van der Waals surface area contributed by atoms with Crippen LogP contribution in [0.15, 0.2) is 48.7 Å². The number of aromatic nitrogens is 3. The van der Waals surface area contributed by atoms with E-state index in [0.29, 0.717) is 11.8 Å². The normalized spacial score (nSPS) is 10.5. The zero-order valence-electron chi connectivity index (χ0n) is 16.3. The van der Waals surface area contributed by atoms with Crippen molar-refractivity contribution in [1.82, 2.24) is 15.2 Å². The Hall–Kier alpha value is -3.15. The summed E-state index contributed by atoms with van der Waals surface area (Å²) in [5.41, 5.74) is 5.49. The molecule has 140 valence electrons. The Morgan fingerprint density at radius 1 is 0.889 bits per heavy atom. The van der Waals surface area contributed by atoms with Gasteiger partial charge in [0.2, 0.25) is 5.95 Å². The van der Waals surface area contributed by atoms with Gasteiger partial charge in [-0.2, -0.15) is 10.1 Å². The molecule has 0 fully saturated rings. The van der Waals surface area contributed by atoms with Crippen molar-refractivity contribution >= 4 is 28.8 Å². The highest BCUT2D eigenvalue weighted by atomic mass is 15.3. The fraction of sp³-hybridized carbons (Fsp3) is 0.286. The van der Waals surface area contributed by atoms with Crippen LogP contribution in [0.1, 0.15) is 25.0 Å². The monoisotopic (exact) mass is 362 g/mol. The fourth-order valence-corrected chi connectivity index (χ4v) is 2.96. The number of hydrogen-bond acceptors (Lipinski definition) is 6. The fourth-order valence-electron chi connectivity index (χ4n) is 2.96. The van der Waals surface area contributed by atoms with Crippen LogP contribution < -0.4 is 15.5 Å². The predicted octanol–water partition coefficient (Wildman–Crippen LogP) is 4.82. The van der Waals surface area contributed by atoms with E-state index in [4.69, 9.17) is 0 Å². The number of benzene rings is 2. The molecule has 3 rings (SSSR count). The Balaban J connectivity index is 1.77. The third kappa shape index (κ3) is 4.53. The van der Waals surface area contributed by atoms with Crippen LogP contribution in [0.2, 0.25) is 0 Å². The predicted molar refractivity (Wildman–Crippen MR) is 112 cm³/mol. The van der Waals surface area contributed by atoms with Crippen molar-refractivity contribution in [1.29, 1.82) is 0 Å². The lowest BCUT2D eigenvalue weighted by Gasteiger charge is -2.22. The van der Waals surface area contributed by atoms with Crippen LogP contribution in [-0.2, 0) is 0 Å². The minimum Gasteiger partial charge on any atom is -0.372 e. The van der Waals surface area contributed by atoms with Gasteiger partial charge in [-0.05, 0) is 63.1 Å². The van der Waals surface area contributed by atoms with Crippen molar-refractivity contribution in [2.45, 2.75) is 27.7 Å². The molecule has 0 spiro atoms. The first-order valence-corrected chi connectivity index (χ1v) is 9.25. The van der Waals surface area contributed by atoms with Crippen molar-refractivity contribution in [3.05, 3.63) is 59.8 Å². The van der Waals surface area contributed by atoms with E-state index in [1.807, 2.05) is 31.2 Å². The second-order valence-electron chi connectivity index (χ2n) is 6.40. The highest BCUT2D eigenvalue weighted by Gasteiger charge is 2.07. The lowest BCUT2D eigenvalue weighted by atomic mass is 10.1. The van der Waals surface area contributed by atoms with Gasteiger partial charge in [-0.15, -0.1) is 5.10 Å². The van der Waals surface area contributed by atoms with E-state index in [1.54, 1.807) is 6.20 Å². The van der Waals surface area contributed by atoms with Crippen LogP contribution >= 0.6 is 0 Å². The van der Waals surface area contributed by atoms with Gasteiger partial charge in [0, 0.05) is 30.2 Å². The highest BCUT2D eigenvalue weighted by Crippen LogP contribution is 2.25. The Morgan fingerprint density at radius 2 is 1.63 bits per heavy atom. The molecule has 0 radical (unpaired) electrons. The molecular formula is C21H26N6. The Labute approximate surface area is 160 Å². The molecule has 1 aromatic heterocycles. The summed E-state index contributed by atoms with van der Waals surface area (Å²) < 4.78 is 0. The maximum atomic E-state index is 4.53. The second-order valence-corrected chi connectivity index (χ2v) is 6.40. The maximum Gasteiger partial charge on any atom is 0.249 e. The molecule has 2 aromatic carbocycles. The van der Waals surface area contributed by atoms with E-state index in [0.717, 1.165) is 35.6 Å². The van der Waals surface area contributed by atoms with E-state index in [-0.39, 0.29) is 0 Å². The SMILES string of the molecule is CCN(CC)c1ccc(Nc2cnnc(Nc3ccccc3C)n2)c(C)c1. The Kier molecular flexibility index (Phi) is 5.86. The number of aryl methyl sites for hydroxylation is 2. The summed E-state index contributed by atoms with van der Waals surface area (Å²) in [6, 6.07) is 14.4. The third-order valence-corrected chi connectivity index (χ3v) is 4.55. The zero-order chi connectivity index (χ0) is 19.2. The molecule has 3 aromatic rings. The van der Waals surface area contributed by atoms with Crippen LogP contribution in [0, 0.1) is 13.8 Å². The van der Waals surface area contributed by atoms with Crippen LogP contribution in [0.5, 0.6) is 0 Å². The molecule has 0 bridgehead atoms. The summed E-state index contributed by atoms with van der Waals surface area (Å²) in [7, 11) is 0. The maximum absolute atomic E-state index is 4.53. The number of nitrogens with zero attached hydrogens (tertiary/aromatic N) is 4. The van der Waals surface area contributed by atoms with E-state index in [1.165, 1.54) is 5.69 Å². The molecule has 0 amide bonds. The van der Waals surface area contributed by atoms with Crippen molar-refractivity contribution in [3.63, 3.8) is 0 Å². The molecule has 0 atom stereocenters. The van der Waals surface area contributed by atoms with Gasteiger partial charge >= 0.3 is 0 Å². The first-order valence-electron chi connectivity index (χ1n) is 9.25. The van der Waals surface area contributed by atoms with Crippen LogP contribution in [0.3, 0.4) is 0 Å². The van der Waals surface area contributed by atoms with Gasteiger partial charge in [0.05, 0.1) is 6.20 Å². The minimum absolute atomic E-state index is 0.465. The largest absolute Gasteiger partial charge is 0.372 e. The molecule has 2 N–H and O–H groups in total. The number of hydrogen-bond donors (Lipinski definition) is 2. The first-order chi connectivity index (χ1) is 13.1. The summed E-state index contributed by atoms with van der Waals surface area (Å²) in [6.07, 6.45) is 1.63. The van der Waals surface area contributed by atoms with Crippen LogP contribution in [0.25, 0.3) is 0 Å². The molecule has 0 aliphatic carbocycles. The molecule has 6 heteroatoms. The summed E-state index contributed by atoms with van der Waals surface area (Å²) in [5.74, 6) is 1.12. The average molecular weight is 362 g/mol. The average Bonchev–Trinajstić information content (AvgIpc) is 2.67. The van der Waals surface area contributed by atoms with Gasteiger partial charge in [0.1, 0.15) is 0 Å². The van der Waals surface area contributed by atoms with Gasteiger partial charge in [-0.25, -0.2) is 0 Å². The summed E-state index contributed by atoms with van der Waals surface area (Å²) in [6.45, 7) is 10.5. The molecule has 0 aliphatic rings. The molecule has 27 heavy (non-hydrogen) atoms. The quantitative estimate of drug-likeness (QED) is 0.628. The van der Waals surface area contributed by atoms with Crippen molar-refractivity contribution in [2.24, 2.45) is 0 Å². The van der Waals surface area contributed by atoms with Gasteiger partial charge < -0.3 is 15.5 Å². The standard InChI is InChI=1S/C21H26N6/c1-5-27(6-2)17-11-12-19(16(4)13-17)23-20-14-22-26-21(25-20)24-18-10-8-7-9-15(18)3/h7-14H,5-6H2,1-4H3,(H2,23,24,25,26). The van der Waals surface area contributed by atoms with Crippen molar-refractivity contribution in [3.8, 4) is 0 Å². The summed E-state index contributed by atoms with van der Waals surface area (Å²) in [5, 5.41) is 14.7. The van der Waals surface area contributed by atoms with Crippen molar-refractivity contribution in [2.75, 3.05) is 28.6 Å². The smallest absolute Gasteiger partial charge is 0.249 e. The number of para-hydroxylation sites is 1. The van der Waals surface area contributed by atoms with Crippen LogP contribution in [-0.4, -0.2) is 28.3 Å². The Bertz CT molecular complexity index is 905. The topological polar surface area (TPSA) is 66.0 Å². The molecule has 0 unspecified atom stereocenters. The van der Waals surface area contributed by atoms with E-state index >= 15 is 0 Å². The van der Waals surface area contributed by atoms with Gasteiger partial charge in [0.25, 0.3) is 0 Å². The number of anilines is 5. The second kappa shape index (κ2) is 8.49. The highest BCUT2D eigenvalue weighted by molar-refractivity contribution is 5.66. The van der Waals surface area contributed by atoms with E-state index < -0.39 is 0 Å². The number of rotatable bonds is 7. The van der Waals surface area contributed by atoms with Gasteiger partial charge in [-0.1, -0.05) is 18.2 Å². The van der Waals surface area contributed by atoms with E-state index in [9.17, 15) is 0 Å². The van der Waals surface area contributed by atoms with Gasteiger partial charge in [0.15, 0.2) is 5.82 Å². The number of nitrogens with one attached hydrogen (secondary N) is 2. The summed E-state index contributed by atoms with van der Waals surface area (Å²) in [4.78, 5) is 6.86. The molecule has 1 heterocycles. The molecule has 6 nitrogen and oxygen atoms in total. The molecular weight excluding hydrogens is 336 g/mol. The zero-order valence-corrected chi connectivity index (χ0v) is 16.3. The van der Waals surface area contributed by atoms with Crippen molar-refractivity contribution < 1.29 is 0 Å².